The molecule has 2 aromatic carbocycles. The lowest BCUT2D eigenvalue weighted by molar-refractivity contribution is -0.118. The zero-order valence-corrected chi connectivity index (χ0v) is 16.3. The Morgan fingerprint density at radius 3 is 2.45 bits per heavy atom. The zero-order chi connectivity index (χ0) is 21.0. The number of rotatable bonds is 6. The Morgan fingerprint density at radius 1 is 1.10 bits per heavy atom. The van der Waals surface area contributed by atoms with Gasteiger partial charge in [0.15, 0.2) is 0 Å². The Kier molecular flexibility index (Phi) is 5.96. The fourth-order valence-electron chi connectivity index (χ4n) is 2.79. The predicted molar refractivity (Wildman–Crippen MR) is 105 cm³/mol. The molecule has 1 atom stereocenters. The van der Waals surface area contributed by atoms with E-state index in [1.165, 1.54) is 35.3 Å². The van der Waals surface area contributed by atoms with Crippen molar-refractivity contribution < 1.29 is 14.0 Å². The Hall–Kier alpha value is -3.62. The first-order valence-electron chi connectivity index (χ1n) is 9.06. The minimum atomic E-state index is -0.773. The van der Waals surface area contributed by atoms with Crippen molar-refractivity contribution >= 4 is 17.5 Å². The number of carbonyl (C=O) groups is 2. The molecule has 150 valence electrons. The van der Waals surface area contributed by atoms with Crippen LogP contribution >= 0.6 is 0 Å². The van der Waals surface area contributed by atoms with Gasteiger partial charge in [0, 0.05) is 11.3 Å². The molecule has 2 N–H and O–H groups in total. The number of anilines is 1. The summed E-state index contributed by atoms with van der Waals surface area (Å²) in [5, 5.41) is 16.7. The van der Waals surface area contributed by atoms with Crippen LogP contribution in [0.3, 0.4) is 0 Å². The summed E-state index contributed by atoms with van der Waals surface area (Å²) in [4.78, 5) is 25.3. The molecule has 0 radical (unpaired) electrons. The first-order chi connectivity index (χ1) is 13.8. The number of nitrogens with zero attached hydrogens (tertiary/aromatic N) is 4. The molecule has 0 spiro atoms. The summed E-state index contributed by atoms with van der Waals surface area (Å²) in [6.45, 7) is 5.57. The van der Waals surface area contributed by atoms with Crippen molar-refractivity contribution in [2.45, 2.75) is 26.8 Å². The molecular formula is C20H21FN6O2. The molecule has 2 amide bonds. The van der Waals surface area contributed by atoms with Gasteiger partial charge in [-0.1, -0.05) is 19.9 Å². The van der Waals surface area contributed by atoms with E-state index in [9.17, 15) is 14.0 Å². The van der Waals surface area contributed by atoms with Crippen molar-refractivity contribution in [1.82, 2.24) is 25.5 Å². The van der Waals surface area contributed by atoms with Gasteiger partial charge in [0.2, 0.25) is 5.91 Å². The summed E-state index contributed by atoms with van der Waals surface area (Å²) < 4.78 is 14.6. The number of nitrogens with one attached hydrogen (secondary N) is 2. The highest BCUT2D eigenvalue weighted by Gasteiger charge is 2.25. The van der Waals surface area contributed by atoms with Gasteiger partial charge in [0.05, 0.1) is 5.69 Å². The lowest BCUT2D eigenvalue weighted by Crippen LogP contribution is -2.47. The van der Waals surface area contributed by atoms with Crippen molar-refractivity contribution in [2.24, 2.45) is 5.92 Å². The van der Waals surface area contributed by atoms with E-state index in [1.807, 2.05) is 26.8 Å². The molecule has 8 nitrogen and oxygen atoms in total. The monoisotopic (exact) mass is 396 g/mol. The average molecular weight is 396 g/mol. The van der Waals surface area contributed by atoms with Crippen LogP contribution in [0.2, 0.25) is 0 Å². The fourth-order valence-corrected chi connectivity index (χ4v) is 2.79. The molecule has 0 aliphatic carbocycles. The molecular weight excluding hydrogens is 375 g/mol. The second kappa shape index (κ2) is 8.59. The predicted octanol–water partition coefficient (Wildman–Crippen LogP) is 2.50. The Morgan fingerprint density at radius 2 is 1.83 bits per heavy atom. The molecule has 0 aliphatic heterocycles. The molecule has 3 aromatic rings. The van der Waals surface area contributed by atoms with Gasteiger partial charge < -0.3 is 10.6 Å². The Bertz CT molecular complexity index is 1000. The fraction of sp³-hybridized carbons (Fsp3) is 0.250. The van der Waals surface area contributed by atoms with Crippen LogP contribution in [0.25, 0.3) is 5.69 Å². The minimum absolute atomic E-state index is 0.163. The largest absolute Gasteiger partial charge is 0.340 e. The standard InChI is InChI=1S/C20H21FN6O2/c1-12(2)18(24-19(28)14-5-7-15(21)8-6-14)20(29)23-16-9-4-13(3)17(10-16)27-11-22-25-26-27/h4-12,18H,1-3H3,(H,23,29)(H,24,28). The van der Waals surface area contributed by atoms with Crippen LogP contribution in [-0.2, 0) is 4.79 Å². The van der Waals surface area contributed by atoms with E-state index in [2.05, 4.69) is 26.2 Å². The molecule has 0 aliphatic rings. The van der Waals surface area contributed by atoms with E-state index in [-0.39, 0.29) is 17.4 Å². The van der Waals surface area contributed by atoms with Gasteiger partial charge in [-0.2, -0.15) is 0 Å². The van der Waals surface area contributed by atoms with E-state index in [0.29, 0.717) is 5.69 Å². The molecule has 0 saturated heterocycles. The smallest absolute Gasteiger partial charge is 0.251 e. The van der Waals surface area contributed by atoms with Gasteiger partial charge in [-0.25, -0.2) is 9.07 Å². The molecule has 9 heteroatoms. The topological polar surface area (TPSA) is 102 Å². The average Bonchev–Trinajstić information content (AvgIpc) is 3.22. The highest BCUT2D eigenvalue weighted by atomic mass is 19.1. The van der Waals surface area contributed by atoms with Gasteiger partial charge in [-0.15, -0.1) is 5.10 Å². The number of benzene rings is 2. The van der Waals surface area contributed by atoms with E-state index in [0.717, 1.165) is 11.3 Å². The van der Waals surface area contributed by atoms with E-state index >= 15 is 0 Å². The number of halogens is 1. The first kappa shape index (κ1) is 20.1. The summed E-state index contributed by atoms with van der Waals surface area (Å²) in [5.41, 5.74) is 2.48. The normalized spacial score (nSPS) is 11.9. The molecule has 1 unspecified atom stereocenters. The Labute approximate surface area is 167 Å². The number of carbonyl (C=O) groups excluding carboxylic acids is 2. The maximum absolute atomic E-state index is 13.1. The van der Waals surface area contributed by atoms with E-state index < -0.39 is 17.8 Å². The molecule has 1 heterocycles. The molecule has 0 bridgehead atoms. The lowest BCUT2D eigenvalue weighted by Gasteiger charge is -2.22. The van der Waals surface area contributed by atoms with E-state index in [4.69, 9.17) is 0 Å². The highest BCUT2D eigenvalue weighted by molar-refractivity contribution is 6.01. The van der Waals surface area contributed by atoms with Gasteiger partial charge in [0.25, 0.3) is 5.91 Å². The van der Waals surface area contributed by atoms with Crippen molar-refractivity contribution in [3.63, 3.8) is 0 Å². The summed E-state index contributed by atoms with van der Waals surface area (Å²) in [7, 11) is 0. The summed E-state index contributed by atoms with van der Waals surface area (Å²) in [6, 6.07) is 9.73. The number of hydrogen-bond donors (Lipinski definition) is 2. The number of aromatic nitrogens is 4. The maximum Gasteiger partial charge on any atom is 0.251 e. The lowest BCUT2D eigenvalue weighted by atomic mass is 10.0. The molecule has 0 fully saturated rings. The van der Waals surface area contributed by atoms with Gasteiger partial charge in [0.1, 0.15) is 18.2 Å². The van der Waals surface area contributed by atoms with Crippen molar-refractivity contribution in [3.8, 4) is 5.69 Å². The van der Waals surface area contributed by atoms with Crippen LogP contribution < -0.4 is 10.6 Å². The van der Waals surface area contributed by atoms with Crippen LogP contribution in [0.5, 0.6) is 0 Å². The number of tetrazole rings is 1. The van der Waals surface area contributed by atoms with E-state index in [1.54, 1.807) is 12.1 Å². The number of aryl methyl sites for hydroxylation is 1. The maximum atomic E-state index is 13.1. The molecule has 29 heavy (non-hydrogen) atoms. The Balaban J connectivity index is 1.75. The number of hydrogen-bond acceptors (Lipinski definition) is 5. The summed E-state index contributed by atoms with van der Waals surface area (Å²) >= 11 is 0. The van der Waals surface area contributed by atoms with Crippen molar-refractivity contribution in [2.75, 3.05) is 5.32 Å². The third-order valence-electron chi connectivity index (χ3n) is 4.41. The molecule has 0 saturated carbocycles. The van der Waals surface area contributed by atoms with Crippen LogP contribution in [0.4, 0.5) is 10.1 Å². The van der Waals surface area contributed by atoms with Crippen LogP contribution in [-0.4, -0.2) is 38.1 Å². The van der Waals surface area contributed by atoms with Crippen molar-refractivity contribution in [1.29, 1.82) is 0 Å². The third kappa shape index (κ3) is 4.81. The molecule has 3 rings (SSSR count). The quantitative estimate of drug-likeness (QED) is 0.667. The second-order valence-corrected chi connectivity index (χ2v) is 6.95. The summed E-state index contributed by atoms with van der Waals surface area (Å²) in [6.07, 6.45) is 1.47. The first-order valence-corrected chi connectivity index (χ1v) is 9.06. The van der Waals surface area contributed by atoms with Crippen LogP contribution in [0.15, 0.2) is 48.8 Å². The van der Waals surface area contributed by atoms with Gasteiger partial charge in [-0.05, 0) is 65.2 Å². The number of amides is 2. The second-order valence-electron chi connectivity index (χ2n) is 6.95. The molecule has 1 aromatic heterocycles. The zero-order valence-electron chi connectivity index (χ0n) is 16.3. The van der Waals surface area contributed by atoms with Gasteiger partial charge >= 0.3 is 0 Å². The minimum Gasteiger partial charge on any atom is -0.340 e. The van der Waals surface area contributed by atoms with Crippen molar-refractivity contribution in [3.05, 3.63) is 65.7 Å². The highest BCUT2D eigenvalue weighted by Crippen LogP contribution is 2.19. The van der Waals surface area contributed by atoms with Gasteiger partial charge in [-0.3, -0.25) is 9.59 Å². The summed E-state index contributed by atoms with van der Waals surface area (Å²) in [5.74, 6) is -1.40. The van der Waals surface area contributed by atoms with Crippen LogP contribution in [0, 0.1) is 18.7 Å². The third-order valence-corrected chi connectivity index (χ3v) is 4.41. The van der Waals surface area contributed by atoms with Crippen LogP contribution in [0.1, 0.15) is 29.8 Å². The SMILES string of the molecule is Cc1ccc(NC(=O)C(NC(=O)c2ccc(F)cc2)C(C)C)cc1-n1cnnn1.